The van der Waals surface area contributed by atoms with Gasteiger partial charge in [-0.3, -0.25) is 14.5 Å². The number of aromatic nitrogens is 2. The standard InChI is InChI=1S/C21H30N4O3S2/c1-13-14(2)30-20-18(13)19(26)22-17(23-20)12-29-15(3)21(27)25-8-6-24(7-9-25)11-16-5-4-10-28-16/h15-16H,4-12H2,1-3H3,(H,22,23,26). The van der Waals surface area contributed by atoms with Gasteiger partial charge in [-0.1, -0.05) is 0 Å². The van der Waals surface area contributed by atoms with E-state index in [2.05, 4.69) is 14.9 Å². The number of aryl methyl sites for hydroxylation is 2. The lowest BCUT2D eigenvalue weighted by atomic mass is 10.2. The molecule has 0 spiro atoms. The topological polar surface area (TPSA) is 78.5 Å². The molecule has 164 valence electrons. The lowest BCUT2D eigenvalue weighted by Crippen LogP contribution is -2.52. The number of ether oxygens (including phenoxy) is 1. The molecule has 2 atom stereocenters. The number of rotatable bonds is 6. The van der Waals surface area contributed by atoms with Crippen molar-refractivity contribution in [2.45, 2.75) is 50.7 Å². The summed E-state index contributed by atoms with van der Waals surface area (Å²) in [7, 11) is 0. The summed E-state index contributed by atoms with van der Waals surface area (Å²) in [6.45, 7) is 11.1. The normalized spacial score (nSPS) is 21.4. The molecule has 2 saturated heterocycles. The van der Waals surface area contributed by atoms with Gasteiger partial charge in [0.15, 0.2) is 0 Å². The molecule has 2 unspecified atom stereocenters. The lowest BCUT2D eigenvalue weighted by Gasteiger charge is -2.36. The van der Waals surface area contributed by atoms with Crippen LogP contribution in [0.5, 0.6) is 0 Å². The SMILES string of the molecule is Cc1sc2nc(CSC(C)C(=O)N3CCN(CC4CCCO4)CC3)[nH]c(=O)c2c1C. The maximum Gasteiger partial charge on any atom is 0.259 e. The largest absolute Gasteiger partial charge is 0.377 e. The first kappa shape index (κ1) is 21.8. The fourth-order valence-corrected chi connectivity index (χ4v) is 6.01. The fraction of sp³-hybridized carbons (Fsp3) is 0.667. The molecule has 0 radical (unpaired) electrons. The third-order valence-electron chi connectivity index (χ3n) is 6.08. The Morgan fingerprint density at radius 2 is 2.10 bits per heavy atom. The maximum absolute atomic E-state index is 12.9. The molecule has 1 amide bonds. The van der Waals surface area contributed by atoms with Gasteiger partial charge < -0.3 is 14.6 Å². The number of nitrogens with zero attached hydrogens (tertiary/aromatic N) is 3. The number of hydrogen-bond donors (Lipinski definition) is 1. The number of piperazine rings is 1. The van der Waals surface area contributed by atoms with E-state index in [4.69, 9.17) is 4.74 Å². The summed E-state index contributed by atoms with van der Waals surface area (Å²) in [5.41, 5.74) is 0.920. The quantitative estimate of drug-likeness (QED) is 0.729. The molecule has 7 nitrogen and oxygen atoms in total. The Balaban J connectivity index is 1.29. The third-order valence-corrected chi connectivity index (χ3v) is 8.32. The van der Waals surface area contributed by atoms with Crippen molar-refractivity contribution in [2.24, 2.45) is 0 Å². The number of carbonyl (C=O) groups excluding carboxylic acids is 1. The molecule has 9 heteroatoms. The van der Waals surface area contributed by atoms with Gasteiger partial charge in [-0.25, -0.2) is 4.98 Å². The van der Waals surface area contributed by atoms with Crippen molar-refractivity contribution < 1.29 is 9.53 Å². The molecular formula is C21H30N4O3S2. The van der Waals surface area contributed by atoms with E-state index in [1.54, 1.807) is 11.3 Å². The molecule has 1 N–H and O–H groups in total. The highest BCUT2D eigenvalue weighted by atomic mass is 32.2. The number of aromatic amines is 1. The van der Waals surface area contributed by atoms with Gasteiger partial charge in [-0.15, -0.1) is 23.1 Å². The highest BCUT2D eigenvalue weighted by molar-refractivity contribution is 7.99. The zero-order chi connectivity index (χ0) is 21.3. The molecule has 0 saturated carbocycles. The van der Waals surface area contributed by atoms with Crippen molar-refractivity contribution in [3.8, 4) is 0 Å². The molecule has 30 heavy (non-hydrogen) atoms. The van der Waals surface area contributed by atoms with Crippen molar-refractivity contribution in [1.29, 1.82) is 0 Å². The van der Waals surface area contributed by atoms with E-state index in [0.29, 0.717) is 23.1 Å². The van der Waals surface area contributed by atoms with Crippen LogP contribution in [0.1, 0.15) is 36.0 Å². The molecule has 2 aliphatic heterocycles. The van der Waals surface area contributed by atoms with E-state index in [1.807, 2.05) is 25.7 Å². The summed E-state index contributed by atoms with van der Waals surface area (Å²) in [4.78, 5) is 39.1. The maximum atomic E-state index is 12.9. The molecule has 2 aliphatic rings. The van der Waals surface area contributed by atoms with Gasteiger partial charge in [0.2, 0.25) is 5.91 Å². The van der Waals surface area contributed by atoms with Crippen molar-refractivity contribution in [3.63, 3.8) is 0 Å². The van der Waals surface area contributed by atoms with Crippen LogP contribution >= 0.6 is 23.1 Å². The number of H-pyrrole nitrogens is 1. The summed E-state index contributed by atoms with van der Waals surface area (Å²) >= 11 is 3.09. The molecule has 2 fully saturated rings. The highest BCUT2D eigenvalue weighted by Gasteiger charge is 2.27. The molecule has 0 bridgehead atoms. The van der Waals surface area contributed by atoms with Crippen LogP contribution in [-0.2, 0) is 15.3 Å². The van der Waals surface area contributed by atoms with E-state index in [9.17, 15) is 9.59 Å². The van der Waals surface area contributed by atoms with Crippen LogP contribution in [0.2, 0.25) is 0 Å². The first-order chi connectivity index (χ1) is 14.4. The van der Waals surface area contributed by atoms with Gasteiger partial charge in [0.25, 0.3) is 5.56 Å². The van der Waals surface area contributed by atoms with Crippen LogP contribution in [-0.4, -0.2) is 76.4 Å². The predicted octanol–water partition coefficient (Wildman–Crippen LogP) is 2.55. The minimum atomic E-state index is -0.164. The number of thioether (sulfide) groups is 1. The summed E-state index contributed by atoms with van der Waals surface area (Å²) in [5.74, 6) is 1.33. The van der Waals surface area contributed by atoms with Crippen molar-refractivity contribution >= 4 is 39.2 Å². The summed E-state index contributed by atoms with van der Waals surface area (Å²) < 4.78 is 5.73. The number of carbonyl (C=O) groups is 1. The zero-order valence-electron chi connectivity index (χ0n) is 17.9. The van der Waals surface area contributed by atoms with Crippen LogP contribution in [0, 0.1) is 13.8 Å². The predicted molar refractivity (Wildman–Crippen MR) is 122 cm³/mol. The molecule has 4 heterocycles. The van der Waals surface area contributed by atoms with Crippen LogP contribution in [0.15, 0.2) is 4.79 Å². The van der Waals surface area contributed by atoms with Crippen molar-refractivity contribution in [3.05, 3.63) is 26.6 Å². The summed E-state index contributed by atoms with van der Waals surface area (Å²) in [5, 5.41) is 0.527. The number of hydrogen-bond acceptors (Lipinski definition) is 7. The molecule has 2 aromatic heterocycles. The van der Waals surface area contributed by atoms with Gasteiger partial charge >= 0.3 is 0 Å². The first-order valence-corrected chi connectivity index (χ1v) is 12.5. The van der Waals surface area contributed by atoms with Gasteiger partial charge in [0, 0.05) is 44.2 Å². The fourth-order valence-electron chi connectivity index (χ4n) is 4.13. The Morgan fingerprint density at radius 1 is 1.33 bits per heavy atom. The van der Waals surface area contributed by atoms with Crippen LogP contribution in [0.25, 0.3) is 10.2 Å². The first-order valence-electron chi connectivity index (χ1n) is 10.7. The molecule has 0 aliphatic carbocycles. The Bertz CT molecular complexity index is 959. The number of fused-ring (bicyclic) bond motifs is 1. The Hall–Kier alpha value is -1.42. The Kier molecular flexibility index (Phi) is 6.81. The van der Waals surface area contributed by atoms with E-state index in [-0.39, 0.29) is 16.7 Å². The average molecular weight is 451 g/mol. The van der Waals surface area contributed by atoms with E-state index in [0.717, 1.165) is 67.4 Å². The number of nitrogens with one attached hydrogen (secondary N) is 1. The zero-order valence-corrected chi connectivity index (χ0v) is 19.5. The second-order valence-corrected chi connectivity index (χ2v) is 10.7. The van der Waals surface area contributed by atoms with Crippen LogP contribution in [0.3, 0.4) is 0 Å². The summed E-state index contributed by atoms with van der Waals surface area (Å²) in [6, 6.07) is 0. The minimum absolute atomic E-state index is 0.0845. The average Bonchev–Trinajstić information content (AvgIpc) is 3.34. The van der Waals surface area contributed by atoms with Crippen molar-refractivity contribution in [1.82, 2.24) is 19.8 Å². The van der Waals surface area contributed by atoms with Gasteiger partial charge in [-0.2, -0.15) is 0 Å². The van der Waals surface area contributed by atoms with Gasteiger partial charge in [-0.05, 0) is 39.2 Å². The Morgan fingerprint density at radius 3 is 2.80 bits per heavy atom. The smallest absolute Gasteiger partial charge is 0.259 e. The number of amides is 1. The molecule has 4 rings (SSSR count). The van der Waals surface area contributed by atoms with Gasteiger partial charge in [0.05, 0.1) is 22.5 Å². The molecular weight excluding hydrogens is 420 g/mol. The van der Waals surface area contributed by atoms with Gasteiger partial charge in [0.1, 0.15) is 10.7 Å². The monoisotopic (exact) mass is 450 g/mol. The summed E-state index contributed by atoms with van der Waals surface area (Å²) in [6.07, 6.45) is 2.68. The number of thiophene rings is 1. The van der Waals surface area contributed by atoms with Crippen molar-refractivity contribution in [2.75, 3.05) is 39.3 Å². The highest BCUT2D eigenvalue weighted by Crippen LogP contribution is 2.27. The second-order valence-electron chi connectivity index (χ2n) is 8.19. The molecule has 0 aromatic carbocycles. The Labute approximate surface area is 185 Å². The van der Waals surface area contributed by atoms with E-state index in [1.165, 1.54) is 11.8 Å². The minimum Gasteiger partial charge on any atom is -0.377 e. The van der Waals surface area contributed by atoms with Crippen LogP contribution in [0.4, 0.5) is 0 Å². The lowest BCUT2D eigenvalue weighted by molar-refractivity contribution is -0.132. The molecule has 2 aromatic rings. The van der Waals surface area contributed by atoms with E-state index < -0.39 is 0 Å². The van der Waals surface area contributed by atoms with E-state index >= 15 is 0 Å². The third kappa shape index (κ3) is 4.74. The second kappa shape index (κ2) is 9.38. The van der Waals surface area contributed by atoms with Crippen LogP contribution < -0.4 is 5.56 Å².